The van der Waals surface area contributed by atoms with Crippen LogP contribution in [0.5, 0.6) is 0 Å². The van der Waals surface area contributed by atoms with Crippen LogP contribution in [0.25, 0.3) is 10.9 Å². The van der Waals surface area contributed by atoms with E-state index in [9.17, 15) is 0 Å². The molecule has 86 valence electrons. The monoisotopic (exact) mass is 233 g/mol. The zero-order valence-corrected chi connectivity index (χ0v) is 9.64. The van der Waals surface area contributed by atoms with E-state index < -0.39 is 0 Å². The fourth-order valence-corrected chi connectivity index (χ4v) is 1.79. The Morgan fingerprint density at radius 2 is 1.72 bits per heavy atom. The highest BCUT2D eigenvalue weighted by atomic mass is 15.1. The lowest BCUT2D eigenvalue weighted by atomic mass is 10.1. The van der Waals surface area contributed by atoms with Crippen LogP contribution in [-0.4, -0.2) is 10.2 Å². The van der Waals surface area contributed by atoms with Gasteiger partial charge in [0.1, 0.15) is 5.69 Å². The van der Waals surface area contributed by atoms with Gasteiger partial charge in [-0.05, 0) is 30.2 Å². The summed E-state index contributed by atoms with van der Waals surface area (Å²) in [6.07, 6.45) is 0. The maximum Gasteiger partial charge on any atom is 0.116 e. The predicted molar refractivity (Wildman–Crippen MR) is 72.9 cm³/mol. The first-order valence-corrected chi connectivity index (χ1v) is 5.64. The van der Waals surface area contributed by atoms with Gasteiger partial charge in [0.25, 0.3) is 0 Å². The van der Waals surface area contributed by atoms with Gasteiger partial charge >= 0.3 is 0 Å². The molecule has 18 heavy (non-hydrogen) atoms. The summed E-state index contributed by atoms with van der Waals surface area (Å²) in [6.45, 7) is 0. The van der Waals surface area contributed by atoms with Crippen molar-refractivity contribution in [3.8, 4) is 11.8 Å². The van der Waals surface area contributed by atoms with Gasteiger partial charge < -0.3 is 5.73 Å². The van der Waals surface area contributed by atoms with Gasteiger partial charge in [0.05, 0.1) is 5.52 Å². The van der Waals surface area contributed by atoms with Gasteiger partial charge in [0, 0.05) is 16.6 Å². The average molecular weight is 233 g/mol. The van der Waals surface area contributed by atoms with Crippen molar-refractivity contribution in [1.29, 1.82) is 0 Å². The highest BCUT2D eigenvalue weighted by Gasteiger charge is 2.00. The summed E-state index contributed by atoms with van der Waals surface area (Å²) < 4.78 is 0. The Kier molecular flexibility index (Phi) is 2.47. The number of nitrogens with zero attached hydrogens (tertiary/aromatic N) is 1. The van der Waals surface area contributed by atoms with Gasteiger partial charge in [-0.2, -0.15) is 5.10 Å². The van der Waals surface area contributed by atoms with Crippen LogP contribution in [0.2, 0.25) is 0 Å². The van der Waals surface area contributed by atoms with Crippen LogP contribution in [0.4, 0.5) is 5.69 Å². The lowest BCUT2D eigenvalue weighted by molar-refractivity contribution is 1.10. The summed E-state index contributed by atoms with van der Waals surface area (Å²) in [6, 6.07) is 15.4. The van der Waals surface area contributed by atoms with E-state index in [0.717, 1.165) is 22.2 Å². The van der Waals surface area contributed by atoms with Gasteiger partial charge in [-0.3, -0.25) is 5.10 Å². The molecule has 0 aliphatic carbocycles. The Morgan fingerprint density at radius 3 is 2.61 bits per heavy atom. The van der Waals surface area contributed by atoms with Gasteiger partial charge in [0.15, 0.2) is 0 Å². The smallest absolute Gasteiger partial charge is 0.116 e. The van der Waals surface area contributed by atoms with Gasteiger partial charge in [0.2, 0.25) is 0 Å². The van der Waals surface area contributed by atoms with E-state index in [1.807, 2.05) is 48.5 Å². The summed E-state index contributed by atoms with van der Waals surface area (Å²) in [7, 11) is 0. The fraction of sp³-hybridized carbons (Fsp3) is 0. The molecular formula is C15H11N3. The molecule has 3 N–H and O–H groups in total. The number of hydrogen-bond donors (Lipinski definition) is 2. The third kappa shape index (κ3) is 1.80. The minimum atomic E-state index is 0.689. The second-order valence-corrected chi connectivity index (χ2v) is 3.95. The van der Waals surface area contributed by atoms with Crippen LogP contribution in [0, 0.1) is 11.8 Å². The van der Waals surface area contributed by atoms with Gasteiger partial charge in [-0.1, -0.05) is 30.2 Å². The first-order chi connectivity index (χ1) is 8.84. The molecule has 0 fully saturated rings. The molecule has 0 spiro atoms. The Balaban J connectivity index is 2.06. The first-order valence-electron chi connectivity index (χ1n) is 5.64. The summed E-state index contributed by atoms with van der Waals surface area (Å²) in [4.78, 5) is 0. The molecule has 0 unspecified atom stereocenters. The summed E-state index contributed by atoms with van der Waals surface area (Å²) in [5, 5.41) is 8.16. The number of hydrogen-bond acceptors (Lipinski definition) is 2. The van der Waals surface area contributed by atoms with Crippen LogP contribution in [0.15, 0.2) is 48.5 Å². The number of aromatic nitrogens is 2. The zero-order chi connectivity index (χ0) is 12.4. The Bertz CT molecular complexity index is 760. The number of nitrogens with two attached hydrogens (primary N) is 1. The number of nitrogen functional groups attached to an aromatic ring is 1. The molecule has 0 atom stereocenters. The molecule has 3 rings (SSSR count). The van der Waals surface area contributed by atoms with E-state index in [1.165, 1.54) is 0 Å². The fourth-order valence-electron chi connectivity index (χ4n) is 1.79. The molecule has 0 aliphatic heterocycles. The molecule has 2 aromatic carbocycles. The van der Waals surface area contributed by atoms with Crippen molar-refractivity contribution in [3.63, 3.8) is 0 Å². The highest BCUT2D eigenvalue weighted by molar-refractivity contribution is 5.84. The predicted octanol–water partition coefficient (Wildman–Crippen LogP) is 2.54. The molecule has 0 aliphatic rings. The lowest BCUT2D eigenvalue weighted by Crippen LogP contribution is -1.88. The number of H-pyrrole nitrogens is 1. The number of rotatable bonds is 0. The second-order valence-electron chi connectivity index (χ2n) is 3.95. The standard InChI is InChI=1S/C15H11N3/c16-13-7-3-1-5-11(13)9-10-15-12-6-2-4-8-14(12)17-18-15/h1-8H,16H2,(H,17,18). The number of fused-ring (bicyclic) bond motifs is 1. The molecule has 3 aromatic rings. The number of benzene rings is 2. The summed E-state index contributed by atoms with van der Waals surface area (Å²) in [5.74, 6) is 6.14. The maximum absolute atomic E-state index is 5.84. The summed E-state index contributed by atoms with van der Waals surface area (Å²) in [5.41, 5.74) is 9.10. The lowest BCUT2D eigenvalue weighted by Gasteiger charge is -1.94. The highest BCUT2D eigenvalue weighted by Crippen LogP contribution is 2.14. The molecule has 0 saturated carbocycles. The molecule has 0 saturated heterocycles. The molecule has 3 nitrogen and oxygen atoms in total. The van der Waals surface area contributed by atoms with Crippen molar-refractivity contribution in [2.45, 2.75) is 0 Å². The van der Waals surface area contributed by atoms with Crippen LogP contribution in [0.1, 0.15) is 11.3 Å². The van der Waals surface area contributed by atoms with Crippen molar-refractivity contribution in [1.82, 2.24) is 10.2 Å². The van der Waals surface area contributed by atoms with E-state index in [1.54, 1.807) is 0 Å². The largest absolute Gasteiger partial charge is 0.398 e. The third-order valence-corrected chi connectivity index (χ3v) is 2.74. The average Bonchev–Trinajstić information content (AvgIpc) is 2.81. The van der Waals surface area contributed by atoms with Crippen LogP contribution in [0.3, 0.4) is 0 Å². The molecule has 0 radical (unpaired) electrons. The van der Waals surface area contributed by atoms with Gasteiger partial charge in [-0.25, -0.2) is 0 Å². The minimum Gasteiger partial charge on any atom is -0.398 e. The van der Waals surface area contributed by atoms with Crippen molar-refractivity contribution in [2.24, 2.45) is 0 Å². The van der Waals surface area contributed by atoms with E-state index in [-0.39, 0.29) is 0 Å². The number of anilines is 1. The molecule has 1 aromatic heterocycles. The van der Waals surface area contributed by atoms with E-state index in [0.29, 0.717) is 5.69 Å². The van der Waals surface area contributed by atoms with E-state index in [2.05, 4.69) is 22.0 Å². The third-order valence-electron chi connectivity index (χ3n) is 2.74. The SMILES string of the molecule is Nc1ccccc1C#Cc1[nH]nc2ccccc12. The van der Waals surface area contributed by atoms with Crippen LogP contribution < -0.4 is 5.73 Å². The van der Waals surface area contributed by atoms with Crippen LogP contribution in [-0.2, 0) is 0 Å². The Morgan fingerprint density at radius 1 is 0.944 bits per heavy atom. The number of aromatic amines is 1. The van der Waals surface area contributed by atoms with Crippen LogP contribution >= 0.6 is 0 Å². The maximum atomic E-state index is 5.84. The zero-order valence-electron chi connectivity index (χ0n) is 9.64. The number of nitrogens with one attached hydrogen (secondary N) is 1. The molecule has 0 bridgehead atoms. The normalized spacial score (nSPS) is 10.0. The van der Waals surface area contributed by atoms with Gasteiger partial charge in [-0.15, -0.1) is 0 Å². The first kappa shape index (κ1) is 10.4. The quantitative estimate of drug-likeness (QED) is 0.463. The molecular weight excluding hydrogens is 222 g/mol. The molecule has 0 amide bonds. The molecule has 3 heteroatoms. The Hall–Kier alpha value is -2.73. The van der Waals surface area contributed by atoms with E-state index >= 15 is 0 Å². The van der Waals surface area contributed by atoms with Crippen molar-refractivity contribution < 1.29 is 0 Å². The van der Waals surface area contributed by atoms with Crippen molar-refractivity contribution in [2.75, 3.05) is 5.73 Å². The topological polar surface area (TPSA) is 54.7 Å². The molecule has 1 heterocycles. The second kappa shape index (κ2) is 4.27. The minimum absolute atomic E-state index is 0.689. The summed E-state index contributed by atoms with van der Waals surface area (Å²) >= 11 is 0. The van der Waals surface area contributed by atoms with Crippen molar-refractivity contribution >= 4 is 16.6 Å². The Labute approximate surface area is 105 Å². The number of para-hydroxylation sites is 2. The van der Waals surface area contributed by atoms with E-state index in [4.69, 9.17) is 5.73 Å². The van der Waals surface area contributed by atoms with Crippen molar-refractivity contribution in [3.05, 3.63) is 59.8 Å².